The highest BCUT2D eigenvalue weighted by Crippen LogP contribution is 2.12. The highest BCUT2D eigenvalue weighted by atomic mass is 32.2. The average molecular weight is 300 g/mol. The second-order valence-electron chi connectivity index (χ2n) is 3.95. The highest BCUT2D eigenvalue weighted by molar-refractivity contribution is 7.89. The van der Waals surface area contributed by atoms with Crippen molar-refractivity contribution in [1.29, 1.82) is 0 Å². The van der Waals surface area contributed by atoms with E-state index in [1.165, 1.54) is 31.3 Å². The van der Waals surface area contributed by atoms with Gasteiger partial charge >= 0.3 is 5.97 Å². The summed E-state index contributed by atoms with van der Waals surface area (Å²) in [5.74, 6) is -1.56. The van der Waals surface area contributed by atoms with Crippen LogP contribution in [0.4, 0.5) is 0 Å². The van der Waals surface area contributed by atoms with Crippen LogP contribution in [0.25, 0.3) is 0 Å². The first-order chi connectivity index (χ1) is 9.31. The molecular weight excluding hydrogens is 284 g/mol. The topological polar surface area (TPSA) is 104 Å². The summed E-state index contributed by atoms with van der Waals surface area (Å²) in [5, 5.41) is 8.71. The lowest BCUT2D eigenvalue weighted by atomic mass is 10.2. The Morgan fingerprint density at radius 3 is 2.20 bits per heavy atom. The zero-order valence-corrected chi connectivity index (χ0v) is 12.0. The number of nitrogens with one attached hydrogen (secondary N) is 1. The summed E-state index contributed by atoms with van der Waals surface area (Å²) >= 11 is 0. The molecule has 0 heterocycles. The van der Waals surface area contributed by atoms with Crippen LogP contribution in [-0.2, 0) is 14.8 Å². The average Bonchev–Trinajstić information content (AvgIpc) is 2.44. The van der Waals surface area contributed by atoms with Crippen molar-refractivity contribution < 1.29 is 23.1 Å². The highest BCUT2D eigenvalue weighted by Gasteiger charge is 2.18. The fraction of sp³-hybridized carbons (Fsp3) is 0.333. The van der Waals surface area contributed by atoms with Crippen molar-refractivity contribution >= 4 is 21.9 Å². The Morgan fingerprint density at radius 1 is 1.25 bits per heavy atom. The van der Waals surface area contributed by atoms with Gasteiger partial charge in [-0.05, 0) is 38.2 Å². The number of rotatable bonds is 6. The third-order valence-corrected chi connectivity index (χ3v) is 4.11. The summed E-state index contributed by atoms with van der Waals surface area (Å²) in [4.78, 5) is 23.9. The summed E-state index contributed by atoms with van der Waals surface area (Å²) in [6.07, 6.45) is 0. The minimum Gasteiger partial charge on any atom is -0.480 e. The van der Waals surface area contributed by atoms with Crippen LogP contribution in [0.1, 0.15) is 17.3 Å². The van der Waals surface area contributed by atoms with Gasteiger partial charge in [-0.1, -0.05) is 0 Å². The summed E-state index contributed by atoms with van der Waals surface area (Å²) in [6.45, 7) is 1.52. The second kappa shape index (κ2) is 6.49. The summed E-state index contributed by atoms with van der Waals surface area (Å²) in [5.41, 5.74) is 0.239. The SMILES string of the molecule is CCN(CC(=O)O)C(=O)c1ccc(S(=O)(=O)NC)cc1. The van der Waals surface area contributed by atoms with Gasteiger partial charge in [-0.3, -0.25) is 9.59 Å². The summed E-state index contributed by atoms with van der Waals surface area (Å²) < 4.78 is 25.2. The van der Waals surface area contributed by atoms with Crippen molar-refractivity contribution in [1.82, 2.24) is 9.62 Å². The molecule has 0 aliphatic carbocycles. The largest absolute Gasteiger partial charge is 0.480 e. The number of carboxylic acids is 1. The van der Waals surface area contributed by atoms with Gasteiger partial charge in [0.05, 0.1) is 4.90 Å². The van der Waals surface area contributed by atoms with Crippen molar-refractivity contribution in [3.05, 3.63) is 29.8 Å². The maximum atomic E-state index is 12.0. The van der Waals surface area contributed by atoms with E-state index in [2.05, 4.69) is 4.72 Å². The molecule has 1 rings (SSSR count). The van der Waals surface area contributed by atoms with Crippen LogP contribution in [0.2, 0.25) is 0 Å². The number of nitrogens with zero attached hydrogens (tertiary/aromatic N) is 1. The van der Waals surface area contributed by atoms with Crippen molar-refractivity contribution in [2.45, 2.75) is 11.8 Å². The van der Waals surface area contributed by atoms with Crippen LogP contribution >= 0.6 is 0 Å². The normalized spacial score (nSPS) is 11.1. The molecule has 20 heavy (non-hydrogen) atoms. The molecule has 2 N–H and O–H groups in total. The Morgan fingerprint density at radius 2 is 1.80 bits per heavy atom. The number of amides is 1. The number of carbonyl (C=O) groups excluding carboxylic acids is 1. The quantitative estimate of drug-likeness (QED) is 0.778. The predicted molar refractivity (Wildman–Crippen MR) is 71.9 cm³/mol. The molecule has 0 saturated carbocycles. The molecule has 1 amide bonds. The van der Waals surface area contributed by atoms with Gasteiger partial charge in [-0.25, -0.2) is 13.1 Å². The number of carboxylic acid groups (broad SMARTS) is 1. The Labute approximate surface area is 117 Å². The molecule has 1 aromatic carbocycles. The van der Waals surface area contributed by atoms with E-state index in [9.17, 15) is 18.0 Å². The standard InChI is InChI=1S/C12H16N2O5S/c1-3-14(8-11(15)16)12(17)9-4-6-10(7-5-9)20(18,19)13-2/h4-7,13H,3,8H2,1-2H3,(H,15,16). The van der Waals surface area contributed by atoms with Crippen molar-refractivity contribution in [3.8, 4) is 0 Å². The molecule has 0 saturated heterocycles. The van der Waals surface area contributed by atoms with Crippen LogP contribution in [0.5, 0.6) is 0 Å². The minimum absolute atomic E-state index is 0.0397. The lowest BCUT2D eigenvalue weighted by molar-refractivity contribution is -0.137. The van der Waals surface area contributed by atoms with Gasteiger partial charge in [-0.15, -0.1) is 0 Å². The molecule has 0 aliphatic heterocycles. The smallest absolute Gasteiger partial charge is 0.323 e. The molecule has 1 aromatic rings. The molecule has 110 valence electrons. The first kappa shape index (κ1) is 16.1. The van der Waals surface area contributed by atoms with Crippen LogP contribution < -0.4 is 4.72 Å². The Balaban J connectivity index is 2.98. The molecule has 0 radical (unpaired) electrons. The van der Waals surface area contributed by atoms with E-state index < -0.39 is 28.4 Å². The van der Waals surface area contributed by atoms with E-state index in [0.717, 1.165) is 4.90 Å². The van der Waals surface area contributed by atoms with E-state index >= 15 is 0 Å². The number of likely N-dealkylation sites (N-methyl/N-ethyl adjacent to an activating group) is 1. The van der Waals surface area contributed by atoms with Crippen LogP contribution in [0.3, 0.4) is 0 Å². The Bertz CT molecular complexity index is 595. The molecule has 0 unspecified atom stereocenters. The van der Waals surface area contributed by atoms with Gasteiger partial charge in [-0.2, -0.15) is 0 Å². The first-order valence-electron chi connectivity index (χ1n) is 5.86. The maximum absolute atomic E-state index is 12.0. The van der Waals surface area contributed by atoms with Gasteiger partial charge in [0.15, 0.2) is 0 Å². The number of aliphatic carboxylic acids is 1. The first-order valence-corrected chi connectivity index (χ1v) is 7.34. The predicted octanol–water partition coefficient (Wildman–Crippen LogP) is 0.141. The number of hydrogen-bond donors (Lipinski definition) is 2. The number of benzene rings is 1. The molecule has 0 fully saturated rings. The van der Waals surface area contributed by atoms with Crippen molar-refractivity contribution in [2.24, 2.45) is 0 Å². The fourth-order valence-corrected chi connectivity index (χ4v) is 2.30. The molecule has 0 bridgehead atoms. The van der Waals surface area contributed by atoms with E-state index in [-0.39, 0.29) is 17.0 Å². The van der Waals surface area contributed by atoms with E-state index in [0.29, 0.717) is 0 Å². The second-order valence-corrected chi connectivity index (χ2v) is 5.83. The van der Waals surface area contributed by atoms with E-state index in [1.807, 2.05) is 0 Å². The molecule has 0 spiro atoms. The molecular formula is C12H16N2O5S. The van der Waals surface area contributed by atoms with Gasteiger partial charge in [0.1, 0.15) is 6.54 Å². The van der Waals surface area contributed by atoms with Crippen molar-refractivity contribution in [3.63, 3.8) is 0 Å². The van der Waals surface area contributed by atoms with Gasteiger partial charge in [0.2, 0.25) is 10.0 Å². The van der Waals surface area contributed by atoms with E-state index in [1.54, 1.807) is 6.92 Å². The monoisotopic (exact) mass is 300 g/mol. The number of sulfonamides is 1. The zero-order chi connectivity index (χ0) is 15.3. The van der Waals surface area contributed by atoms with Crippen LogP contribution in [0, 0.1) is 0 Å². The number of hydrogen-bond acceptors (Lipinski definition) is 4. The molecule has 8 heteroatoms. The minimum atomic E-state index is -3.55. The van der Waals surface area contributed by atoms with Crippen LogP contribution in [0.15, 0.2) is 29.2 Å². The van der Waals surface area contributed by atoms with Crippen molar-refractivity contribution in [2.75, 3.05) is 20.1 Å². The van der Waals surface area contributed by atoms with Gasteiger partial charge in [0.25, 0.3) is 5.91 Å². The van der Waals surface area contributed by atoms with Crippen LogP contribution in [-0.4, -0.2) is 50.4 Å². The zero-order valence-electron chi connectivity index (χ0n) is 11.2. The van der Waals surface area contributed by atoms with Gasteiger partial charge in [0, 0.05) is 12.1 Å². The Hall–Kier alpha value is -1.93. The maximum Gasteiger partial charge on any atom is 0.323 e. The Kier molecular flexibility index (Phi) is 5.23. The van der Waals surface area contributed by atoms with E-state index in [4.69, 9.17) is 5.11 Å². The summed E-state index contributed by atoms with van der Waals surface area (Å²) in [7, 11) is -2.26. The summed E-state index contributed by atoms with van der Waals surface area (Å²) in [6, 6.07) is 5.31. The number of carbonyl (C=O) groups is 2. The molecule has 0 aromatic heterocycles. The van der Waals surface area contributed by atoms with Gasteiger partial charge < -0.3 is 10.0 Å². The lowest BCUT2D eigenvalue weighted by Gasteiger charge is -2.18. The third-order valence-electron chi connectivity index (χ3n) is 2.68. The molecule has 0 atom stereocenters. The lowest BCUT2D eigenvalue weighted by Crippen LogP contribution is -2.35. The fourth-order valence-electron chi connectivity index (χ4n) is 1.57. The third kappa shape index (κ3) is 3.78. The molecule has 7 nitrogen and oxygen atoms in total. The molecule has 0 aliphatic rings.